The lowest BCUT2D eigenvalue weighted by molar-refractivity contribution is -0.231. The summed E-state index contributed by atoms with van der Waals surface area (Å²) in [5.74, 6) is -2.83. The van der Waals surface area contributed by atoms with E-state index in [4.69, 9.17) is 9.47 Å². The molecule has 210 valence electrons. The van der Waals surface area contributed by atoms with Crippen LogP contribution in [0.5, 0.6) is 0 Å². The van der Waals surface area contributed by atoms with Crippen molar-refractivity contribution in [3.63, 3.8) is 0 Å². The number of rotatable bonds is 4. The lowest BCUT2D eigenvalue weighted by Crippen LogP contribution is -2.58. The Balaban J connectivity index is 0.000000183. The Morgan fingerprint density at radius 3 is 1.87 bits per heavy atom. The van der Waals surface area contributed by atoms with Crippen molar-refractivity contribution in [2.75, 3.05) is 13.2 Å². The van der Waals surface area contributed by atoms with Crippen LogP contribution in [0.3, 0.4) is 0 Å². The summed E-state index contributed by atoms with van der Waals surface area (Å²) in [5, 5.41) is 19.2. The number of hydrogen-bond donors (Lipinski definition) is 0. The molecule has 0 bridgehead atoms. The van der Waals surface area contributed by atoms with Crippen LogP contribution in [-0.4, -0.2) is 48.9 Å². The minimum absolute atomic E-state index is 0.0270. The van der Waals surface area contributed by atoms with Crippen molar-refractivity contribution in [1.29, 1.82) is 10.5 Å². The number of aldehydes is 2. The lowest BCUT2D eigenvalue weighted by atomic mass is 9.51. The van der Waals surface area contributed by atoms with Gasteiger partial charge in [0.15, 0.2) is 18.4 Å². The second-order valence-electron chi connectivity index (χ2n) is 12.8. The summed E-state index contributed by atoms with van der Waals surface area (Å²) in [6.07, 6.45) is 5.79. The molecule has 0 amide bonds. The van der Waals surface area contributed by atoms with Gasteiger partial charge in [-0.2, -0.15) is 10.5 Å². The normalized spacial score (nSPS) is 43.7. The van der Waals surface area contributed by atoms with Gasteiger partial charge < -0.3 is 9.47 Å². The molecule has 0 radical (unpaired) electrons. The molecule has 1 saturated heterocycles. The molecule has 0 aromatic carbocycles. The monoisotopic (exact) mass is 538 g/mol. The smallest absolute Gasteiger partial charge is 0.202 e. The van der Waals surface area contributed by atoms with Gasteiger partial charge in [0.2, 0.25) is 11.6 Å². The van der Waals surface area contributed by atoms with Crippen molar-refractivity contribution >= 4 is 29.9 Å². The summed E-state index contributed by atoms with van der Waals surface area (Å²) < 4.78 is 11.8. The fourth-order valence-electron chi connectivity index (χ4n) is 8.80. The van der Waals surface area contributed by atoms with E-state index in [1.165, 1.54) is 0 Å². The maximum Gasteiger partial charge on any atom is 0.202 e. The third-order valence-electron chi connectivity index (χ3n) is 11.4. The first kappa shape index (κ1) is 29.2. The highest BCUT2D eigenvalue weighted by molar-refractivity contribution is 6.28. The van der Waals surface area contributed by atoms with Crippen LogP contribution in [0.25, 0.3) is 0 Å². The maximum atomic E-state index is 12.5. The predicted molar refractivity (Wildman–Crippen MR) is 136 cm³/mol. The van der Waals surface area contributed by atoms with E-state index < -0.39 is 44.9 Å². The molecular formula is C30H38N2O7. The summed E-state index contributed by atoms with van der Waals surface area (Å²) in [4.78, 5) is 58.7. The highest BCUT2D eigenvalue weighted by Gasteiger charge is 2.71. The van der Waals surface area contributed by atoms with Gasteiger partial charge in [0.1, 0.15) is 5.78 Å². The van der Waals surface area contributed by atoms with Crippen LogP contribution >= 0.6 is 0 Å². The fraction of sp³-hybridized carbons (Fsp3) is 0.767. The van der Waals surface area contributed by atoms with Gasteiger partial charge in [-0.15, -0.1) is 0 Å². The topological polar surface area (TPSA) is 151 Å². The minimum Gasteiger partial charge on any atom is -0.347 e. The van der Waals surface area contributed by atoms with Crippen LogP contribution in [0.2, 0.25) is 0 Å². The number of hydrogen-bond acceptors (Lipinski definition) is 9. The van der Waals surface area contributed by atoms with E-state index in [1.807, 2.05) is 20.8 Å². The fourth-order valence-corrected chi connectivity index (χ4v) is 8.80. The van der Waals surface area contributed by atoms with E-state index in [9.17, 15) is 34.5 Å². The molecule has 0 N–H and O–H groups in total. The van der Waals surface area contributed by atoms with Gasteiger partial charge in [-0.25, -0.2) is 0 Å². The zero-order valence-electron chi connectivity index (χ0n) is 23.3. The van der Waals surface area contributed by atoms with E-state index in [1.54, 1.807) is 6.92 Å². The van der Waals surface area contributed by atoms with E-state index in [-0.39, 0.29) is 23.5 Å². The quantitative estimate of drug-likeness (QED) is 0.386. The molecule has 1 heterocycles. The van der Waals surface area contributed by atoms with Gasteiger partial charge in [-0.3, -0.25) is 24.0 Å². The minimum atomic E-state index is -0.997. The highest BCUT2D eigenvalue weighted by Crippen LogP contribution is 2.66. The molecule has 0 unspecified atom stereocenters. The van der Waals surface area contributed by atoms with Gasteiger partial charge in [-0.1, -0.05) is 27.7 Å². The first-order valence-corrected chi connectivity index (χ1v) is 14.0. The largest absolute Gasteiger partial charge is 0.347 e. The number of fused-ring (bicyclic) bond motifs is 3. The number of nitrogens with zero attached hydrogens (tertiary/aromatic N) is 2. The zero-order chi connectivity index (χ0) is 28.9. The average Bonchev–Trinajstić information content (AvgIpc) is 3.65. The van der Waals surface area contributed by atoms with Crippen molar-refractivity contribution in [3.05, 3.63) is 0 Å². The second-order valence-corrected chi connectivity index (χ2v) is 12.8. The lowest BCUT2D eigenvalue weighted by Gasteiger charge is -2.52. The van der Waals surface area contributed by atoms with Crippen molar-refractivity contribution in [2.45, 2.75) is 84.8 Å². The summed E-state index contributed by atoms with van der Waals surface area (Å²) in [7, 11) is 0. The van der Waals surface area contributed by atoms with Gasteiger partial charge in [0, 0.05) is 35.5 Å². The Kier molecular flexibility index (Phi) is 7.51. The van der Waals surface area contributed by atoms with Crippen LogP contribution < -0.4 is 0 Å². The second kappa shape index (κ2) is 10.0. The van der Waals surface area contributed by atoms with Crippen LogP contribution in [0.4, 0.5) is 0 Å². The van der Waals surface area contributed by atoms with E-state index >= 15 is 0 Å². The molecular weight excluding hydrogens is 500 g/mol. The molecule has 9 heteroatoms. The average molecular weight is 539 g/mol. The SMILES string of the molecule is C[C@@H]1CC[C@@]2(C#N)CCC(=O)[C@H]2[C@]1(C)C(=O)C=O.C[C@@H]1CC[C@@]2(C#N)CCC3(OCCO3)[C@H]2[C@]1(C)C(=O)C=O. The first-order valence-electron chi connectivity index (χ1n) is 14.0. The number of ketones is 3. The van der Waals surface area contributed by atoms with Gasteiger partial charge in [0.25, 0.3) is 0 Å². The van der Waals surface area contributed by atoms with E-state index in [0.717, 1.165) is 12.8 Å². The number of carbonyl (C=O) groups excluding carboxylic acids is 5. The molecule has 0 aromatic heterocycles. The molecule has 1 spiro atoms. The zero-order valence-corrected chi connectivity index (χ0v) is 23.3. The van der Waals surface area contributed by atoms with Crippen LogP contribution in [0.1, 0.15) is 79.1 Å². The van der Waals surface area contributed by atoms with Crippen molar-refractivity contribution in [3.8, 4) is 12.1 Å². The molecule has 4 aliphatic carbocycles. The molecule has 5 aliphatic rings. The van der Waals surface area contributed by atoms with E-state index in [2.05, 4.69) is 12.1 Å². The third kappa shape index (κ3) is 3.96. The van der Waals surface area contributed by atoms with E-state index in [0.29, 0.717) is 64.3 Å². The molecule has 8 atom stereocenters. The number of ether oxygens (including phenoxy) is 2. The number of nitriles is 2. The molecule has 4 saturated carbocycles. The highest BCUT2D eigenvalue weighted by atomic mass is 16.7. The van der Waals surface area contributed by atoms with Gasteiger partial charge in [-0.05, 0) is 50.4 Å². The van der Waals surface area contributed by atoms with Crippen LogP contribution in [-0.2, 0) is 33.4 Å². The predicted octanol–water partition coefficient (Wildman–Crippen LogP) is 3.53. The van der Waals surface area contributed by atoms with Crippen molar-refractivity contribution < 1.29 is 33.4 Å². The summed E-state index contributed by atoms with van der Waals surface area (Å²) in [5.41, 5.74) is -3.23. The Morgan fingerprint density at radius 2 is 1.33 bits per heavy atom. The molecule has 1 aliphatic heterocycles. The Morgan fingerprint density at radius 1 is 0.821 bits per heavy atom. The molecule has 5 fully saturated rings. The molecule has 0 aromatic rings. The molecule has 39 heavy (non-hydrogen) atoms. The molecule has 5 rings (SSSR count). The maximum absolute atomic E-state index is 12.5. The Labute approximate surface area is 229 Å². The molecule has 9 nitrogen and oxygen atoms in total. The number of carbonyl (C=O) groups is 5. The number of Topliss-reactive ketones (excluding diaryl/α,β-unsaturated/α-hetero) is 3. The summed E-state index contributed by atoms with van der Waals surface area (Å²) in [6.45, 7) is 8.36. The van der Waals surface area contributed by atoms with Crippen LogP contribution in [0, 0.1) is 68.0 Å². The van der Waals surface area contributed by atoms with Crippen LogP contribution in [0.15, 0.2) is 0 Å². The Hall–Kier alpha value is -2.75. The summed E-state index contributed by atoms with van der Waals surface area (Å²) >= 11 is 0. The van der Waals surface area contributed by atoms with Gasteiger partial charge >= 0.3 is 0 Å². The first-order chi connectivity index (χ1) is 18.4. The Bertz CT molecular complexity index is 1160. The third-order valence-corrected chi connectivity index (χ3v) is 11.4. The summed E-state index contributed by atoms with van der Waals surface area (Å²) in [6, 6.07) is 4.73. The van der Waals surface area contributed by atoms with Gasteiger partial charge in [0.05, 0.1) is 36.2 Å². The van der Waals surface area contributed by atoms with Crippen molar-refractivity contribution in [1.82, 2.24) is 0 Å². The standard InChI is InChI=1S/C16H21NO4.C14H17NO3/c1-11-3-4-15(10-17)5-6-16(20-7-8-21-16)13(15)14(11,2)12(19)9-18;1-9-3-5-14(8-15)6-4-10(17)12(14)13(9,2)11(18)7-16/h9,11,13H,3-8H2,1-2H3;7,9,12H,3-6H2,1-2H3/t11-,13+,14+,15+;9-,12+,13+,14+/m11/s1. The van der Waals surface area contributed by atoms with Crippen molar-refractivity contribution in [2.24, 2.45) is 45.3 Å².